The van der Waals surface area contributed by atoms with Crippen LogP contribution in [0.1, 0.15) is 26.7 Å². The molecule has 0 saturated heterocycles. The van der Waals surface area contributed by atoms with Crippen LogP contribution in [0, 0.1) is 0 Å². The van der Waals surface area contributed by atoms with Gasteiger partial charge in [-0.3, -0.25) is 4.79 Å². The number of hydrazone groups is 1. The van der Waals surface area contributed by atoms with E-state index in [4.69, 9.17) is 25.2 Å². The maximum atomic E-state index is 12.5. The summed E-state index contributed by atoms with van der Waals surface area (Å²) < 4.78 is 16.2. The average Bonchev–Trinajstić information content (AvgIpc) is 3.51. The standard InChI is InChI=1S/C26H17ClN2O5/c1-32-26(31)20-12-16(6-9-21(20)27)22-11-8-17(33-22)14-28-29-25(30)24-13-19-18-5-3-2-4-15(18)7-10-23(19)34-24/h2-14H,1H3,(H,29,30)/b28-14+. The molecule has 0 atom stereocenters. The molecule has 0 fully saturated rings. The van der Waals surface area contributed by atoms with Gasteiger partial charge in [-0.15, -0.1) is 0 Å². The third-order valence-electron chi connectivity index (χ3n) is 5.29. The molecule has 34 heavy (non-hydrogen) atoms. The summed E-state index contributed by atoms with van der Waals surface area (Å²) in [6.45, 7) is 0. The minimum absolute atomic E-state index is 0.153. The Hall–Kier alpha value is -4.36. The summed E-state index contributed by atoms with van der Waals surface area (Å²) in [6, 6.07) is 21.7. The molecular formula is C26H17ClN2O5. The summed E-state index contributed by atoms with van der Waals surface area (Å²) in [5.74, 6) is 0.0320. The van der Waals surface area contributed by atoms with Gasteiger partial charge in [0.1, 0.15) is 17.1 Å². The minimum atomic E-state index is -0.540. The van der Waals surface area contributed by atoms with Crippen molar-refractivity contribution in [3.63, 3.8) is 0 Å². The van der Waals surface area contributed by atoms with Crippen LogP contribution in [0.4, 0.5) is 0 Å². The molecule has 0 spiro atoms. The van der Waals surface area contributed by atoms with Crippen molar-refractivity contribution in [1.29, 1.82) is 0 Å². The zero-order chi connectivity index (χ0) is 23.7. The molecule has 1 amide bonds. The molecule has 0 saturated carbocycles. The molecule has 5 aromatic rings. The summed E-state index contributed by atoms with van der Waals surface area (Å²) in [4.78, 5) is 24.4. The lowest BCUT2D eigenvalue weighted by molar-refractivity contribution is 0.0601. The third-order valence-corrected chi connectivity index (χ3v) is 5.62. The second-order valence-corrected chi connectivity index (χ2v) is 7.80. The molecule has 0 radical (unpaired) electrons. The highest BCUT2D eigenvalue weighted by Gasteiger charge is 2.15. The topological polar surface area (TPSA) is 94.0 Å². The van der Waals surface area contributed by atoms with Gasteiger partial charge in [0.05, 0.1) is 23.9 Å². The van der Waals surface area contributed by atoms with E-state index in [1.807, 2.05) is 36.4 Å². The fourth-order valence-electron chi connectivity index (χ4n) is 3.64. The Morgan fingerprint density at radius 3 is 2.68 bits per heavy atom. The number of nitrogens with one attached hydrogen (secondary N) is 1. The van der Waals surface area contributed by atoms with Crippen LogP contribution in [-0.4, -0.2) is 25.2 Å². The SMILES string of the molecule is COC(=O)c1cc(-c2ccc(/C=N/NC(=O)c3cc4c(ccc5ccccc54)o3)o2)ccc1Cl. The molecule has 2 aromatic heterocycles. The molecule has 168 valence electrons. The van der Waals surface area contributed by atoms with Crippen molar-refractivity contribution in [2.24, 2.45) is 5.10 Å². The number of esters is 1. The minimum Gasteiger partial charge on any atom is -0.465 e. The van der Waals surface area contributed by atoms with Crippen molar-refractivity contribution in [3.8, 4) is 11.3 Å². The first-order valence-electron chi connectivity index (χ1n) is 10.3. The zero-order valence-electron chi connectivity index (χ0n) is 17.9. The Morgan fingerprint density at radius 1 is 0.971 bits per heavy atom. The number of benzene rings is 3. The Bertz CT molecular complexity index is 1580. The number of carbonyl (C=O) groups is 2. The largest absolute Gasteiger partial charge is 0.465 e. The molecule has 0 aliphatic heterocycles. The zero-order valence-corrected chi connectivity index (χ0v) is 18.6. The van der Waals surface area contributed by atoms with Crippen LogP contribution in [0.2, 0.25) is 5.02 Å². The van der Waals surface area contributed by atoms with E-state index in [1.165, 1.54) is 13.3 Å². The highest BCUT2D eigenvalue weighted by molar-refractivity contribution is 6.33. The Morgan fingerprint density at radius 2 is 1.82 bits per heavy atom. The van der Waals surface area contributed by atoms with Gasteiger partial charge in [-0.2, -0.15) is 5.10 Å². The molecule has 0 bridgehead atoms. The van der Waals surface area contributed by atoms with Gasteiger partial charge in [-0.25, -0.2) is 10.2 Å². The van der Waals surface area contributed by atoms with E-state index in [-0.39, 0.29) is 16.3 Å². The van der Waals surface area contributed by atoms with Crippen molar-refractivity contribution in [3.05, 3.63) is 94.9 Å². The van der Waals surface area contributed by atoms with Crippen LogP contribution < -0.4 is 5.43 Å². The van der Waals surface area contributed by atoms with Crippen LogP contribution >= 0.6 is 11.6 Å². The number of rotatable bonds is 5. The van der Waals surface area contributed by atoms with Crippen LogP contribution in [-0.2, 0) is 4.74 Å². The number of carbonyl (C=O) groups excluding carboxylic acids is 2. The van der Waals surface area contributed by atoms with Crippen LogP contribution in [0.15, 0.2) is 86.7 Å². The van der Waals surface area contributed by atoms with E-state index in [0.717, 1.165) is 16.2 Å². The first-order valence-corrected chi connectivity index (χ1v) is 10.6. The summed E-state index contributed by atoms with van der Waals surface area (Å²) >= 11 is 6.07. The van der Waals surface area contributed by atoms with Gasteiger partial charge in [0.25, 0.3) is 0 Å². The second kappa shape index (κ2) is 8.88. The first-order chi connectivity index (χ1) is 16.5. The van der Waals surface area contributed by atoms with Crippen molar-refractivity contribution in [2.45, 2.75) is 0 Å². The fourth-order valence-corrected chi connectivity index (χ4v) is 3.83. The molecule has 8 heteroatoms. The summed E-state index contributed by atoms with van der Waals surface area (Å²) in [7, 11) is 1.29. The maximum absolute atomic E-state index is 12.5. The number of hydrogen-bond acceptors (Lipinski definition) is 6. The molecule has 7 nitrogen and oxygen atoms in total. The number of furan rings is 2. The van der Waals surface area contributed by atoms with Crippen molar-refractivity contribution in [2.75, 3.05) is 7.11 Å². The van der Waals surface area contributed by atoms with Gasteiger partial charge >= 0.3 is 11.9 Å². The van der Waals surface area contributed by atoms with E-state index in [1.54, 1.807) is 36.4 Å². The van der Waals surface area contributed by atoms with Gasteiger partial charge in [0.2, 0.25) is 0 Å². The lowest BCUT2D eigenvalue weighted by Gasteiger charge is -2.04. The Balaban J connectivity index is 1.31. The van der Waals surface area contributed by atoms with Crippen LogP contribution in [0.25, 0.3) is 33.1 Å². The van der Waals surface area contributed by atoms with Crippen LogP contribution in [0.5, 0.6) is 0 Å². The van der Waals surface area contributed by atoms with Crippen molar-refractivity contribution in [1.82, 2.24) is 5.43 Å². The smallest absolute Gasteiger partial charge is 0.339 e. The number of hydrogen-bond donors (Lipinski definition) is 1. The van der Waals surface area contributed by atoms with E-state index >= 15 is 0 Å². The van der Waals surface area contributed by atoms with Gasteiger partial charge < -0.3 is 13.6 Å². The molecule has 3 aromatic carbocycles. The van der Waals surface area contributed by atoms with E-state index < -0.39 is 11.9 Å². The van der Waals surface area contributed by atoms with E-state index in [0.29, 0.717) is 22.7 Å². The van der Waals surface area contributed by atoms with Crippen molar-refractivity contribution < 1.29 is 23.2 Å². The Labute approximate surface area is 198 Å². The summed E-state index contributed by atoms with van der Waals surface area (Å²) in [5, 5.41) is 7.17. The van der Waals surface area contributed by atoms with Gasteiger partial charge in [0.15, 0.2) is 5.76 Å². The van der Waals surface area contributed by atoms with Crippen molar-refractivity contribution >= 4 is 51.4 Å². The first kappa shape index (κ1) is 21.5. The van der Waals surface area contributed by atoms with E-state index in [9.17, 15) is 9.59 Å². The normalized spacial score (nSPS) is 11.4. The number of fused-ring (bicyclic) bond motifs is 3. The predicted octanol–water partition coefficient (Wildman–Crippen LogP) is 6.05. The second-order valence-electron chi connectivity index (χ2n) is 7.40. The monoisotopic (exact) mass is 472 g/mol. The van der Waals surface area contributed by atoms with Gasteiger partial charge in [0, 0.05) is 10.9 Å². The highest BCUT2D eigenvalue weighted by atomic mass is 35.5. The molecule has 2 heterocycles. The average molecular weight is 473 g/mol. The summed E-state index contributed by atoms with van der Waals surface area (Å²) in [6.07, 6.45) is 1.37. The molecule has 5 rings (SSSR count). The molecule has 0 aliphatic rings. The van der Waals surface area contributed by atoms with Gasteiger partial charge in [-0.05, 0) is 53.2 Å². The lowest BCUT2D eigenvalue weighted by atomic mass is 10.1. The number of halogens is 1. The molecular weight excluding hydrogens is 456 g/mol. The molecule has 1 N–H and O–H groups in total. The highest BCUT2D eigenvalue weighted by Crippen LogP contribution is 2.29. The van der Waals surface area contributed by atoms with Crippen LogP contribution in [0.3, 0.4) is 0 Å². The lowest BCUT2D eigenvalue weighted by Crippen LogP contribution is -2.16. The van der Waals surface area contributed by atoms with Gasteiger partial charge in [-0.1, -0.05) is 41.9 Å². The maximum Gasteiger partial charge on any atom is 0.339 e. The summed E-state index contributed by atoms with van der Waals surface area (Å²) in [5.41, 5.74) is 3.94. The number of methoxy groups -OCH3 is 1. The third kappa shape index (κ3) is 4.04. The molecule has 0 unspecified atom stereocenters. The molecule has 0 aliphatic carbocycles. The quantitative estimate of drug-likeness (QED) is 0.191. The number of amides is 1. The number of ether oxygens (including phenoxy) is 1. The van der Waals surface area contributed by atoms with E-state index in [2.05, 4.69) is 10.5 Å². The Kier molecular flexibility index (Phi) is 5.61. The predicted molar refractivity (Wildman–Crippen MR) is 129 cm³/mol. The number of nitrogens with zero attached hydrogens (tertiary/aromatic N) is 1. The fraction of sp³-hybridized carbons (Fsp3) is 0.0385.